The minimum atomic E-state index is -4.68. The molecule has 1 aromatic carbocycles. The Kier molecular flexibility index (Phi) is 4.34. The molecule has 2 saturated carbocycles. The summed E-state index contributed by atoms with van der Waals surface area (Å²) in [7, 11) is 0. The molecule has 4 rings (SSSR count). The number of rotatable bonds is 4. The average Bonchev–Trinajstić information content (AvgIpc) is 3.33. The zero-order valence-corrected chi connectivity index (χ0v) is 14.9. The third kappa shape index (κ3) is 3.05. The van der Waals surface area contributed by atoms with Crippen LogP contribution >= 0.6 is 11.6 Å². The van der Waals surface area contributed by atoms with Gasteiger partial charge in [0.15, 0.2) is 0 Å². The molecule has 0 saturated heterocycles. The molecule has 2 amide bonds. The molecular formula is C18H20ClF3N2O2. The SMILES string of the molecule is O=C1Nc2ccc(Cl)cc2[C@@](OCC2CC2)(C(F)(F)F)CN1C1CCC1. The Bertz CT molecular complexity index is 719. The molecule has 0 spiro atoms. The number of amides is 2. The number of carbonyl (C=O) groups is 1. The first-order chi connectivity index (χ1) is 12.3. The number of nitrogens with one attached hydrogen (secondary N) is 1. The van der Waals surface area contributed by atoms with Crippen LogP contribution in [0.2, 0.25) is 5.02 Å². The van der Waals surface area contributed by atoms with Gasteiger partial charge in [-0.1, -0.05) is 11.6 Å². The molecule has 142 valence electrons. The Balaban J connectivity index is 1.82. The van der Waals surface area contributed by atoms with E-state index in [0.29, 0.717) is 12.8 Å². The summed E-state index contributed by atoms with van der Waals surface area (Å²) in [5.41, 5.74) is -2.59. The summed E-state index contributed by atoms with van der Waals surface area (Å²) in [4.78, 5) is 13.9. The smallest absolute Gasteiger partial charge is 0.359 e. The molecule has 0 radical (unpaired) electrons. The van der Waals surface area contributed by atoms with E-state index in [0.717, 1.165) is 19.3 Å². The quantitative estimate of drug-likeness (QED) is 0.795. The van der Waals surface area contributed by atoms with E-state index >= 15 is 0 Å². The molecule has 0 bridgehead atoms. The van der Waals surface area contributed by atoms with Crippen molar-refractivity contribution in [2.75, 3.05) is 18.5 Å². The Morgan fingerprint density at radius 1 is 1.27 bits per heavy atom. The highest BCUT2D eigenvalue weighted by atomic mass is 35.5. The van der Waals surface area contributed by atoms with Crippen LogP contribution in [0.3, 0.4) is 0 Å². The van der Waals surface area contributed by atoms with E-state index in [-0.39, 0.29) is 34.8 Å². The molecule has 1 aliphatic heterocycles. The lowest BCUT2D eigenvalue weighted by atomic mass is 9.87. The lowest BCUT2D eigenvalue weighted by Gasteiger charge is -2.43. The molecule has 1 N–H and O–H groups in total. The summed E-state index contributed by atoms with van der Waals surface area (Å²) in [5, 5.41) is 2.81. The first kappa shape index (κ1) is 17.9. The van der Waals surface area contributed by atoms with Gasteiger partial charge in [-0.2, -0.15) is 13.2 Å². The third-order valence-corrected chi connectivity index (χ3v) is 5.78. The topological polar surface area (TPSA) is 41.6 Å². The second-order valence-electron chi connectivity index (χ2n) is 7.41. The summed E-state index contributed by atoms with van der Waals surface area (Å²) < 4.78 is 48.8. The standard InChI is InChI=1S/C18H20ClF3N2O2/c19-12-6-7-15-14(8-12)17(18(20,21)22,26-9-11-4-5-11)10-24(16(25)23-15)13-2-1-3-13/h6-8,11,13H,1-5,9-10H2,(H,23,25)/t17-/m1/s1. The van der Waals surface area contributed by atoms with E-state index in [1.807, 2.05) is 0 Å². The Hall–Kier alpha value is -1.47. The lowest BCUT2D eigenvalue weighted by Crippen LogP contribution is -2.56. The fraction of sp³-hybridized carbons (Fsp3) is 0.611. The predicted octanol–water partition coefficient (Wildman–Crippen LogP) is 4.92. The fourth-order valence-corrected chi connectivity index (χ4v) is 3.70. The first-order valence-corrected chi connectivity index (χ1v) is 9.26. The molecule has 1 heterocycles. The zero-order valence-electron chi connectivity index (χ0n) is 14.1. The lowest BCUT2D eigenvalue weighted by molar-refractivity contribution is -0.290. The normalized spacial score (nSPS) is 26.8. The highest BCUT2D eigenvalue weighted by Gasteiger charge is 2.61. The van der Waals surface area contributed by atoms with Crippen molar-refractivity contribution in [3.05, 3.63) is 28.8 Å². The zero-order chi connectivity index (χ0) is 18.5. The van der Waals surface area contributed by atoms with E-state index in [1.165, 1.54) is 23.1 Å². The number of urea groups is 1. The van der Waals surface area contributed by atoms with E-state index < -0.39 is 24.4 Å². The minimum absolute atomic E-state index is 0.0260. The number of hydrogen-bond donors (Lipinski definition) is 1. The molecule has 2 fully saturated rings. The third-order valence-electron chi connectivity index (χ3n) is 5.55. The molecule has 8 heteroatoms. The van der Waals surface area contributed by atoms with Gasteiger partial charge in [0.2, 0.25) is 5.60 Å². The van der Waals surface area contributed by atoms with Gasteiger partial charge in [0.1, 0.15) is 0 Å². The van der Waals surface area contributed by atoms with E-state index in [1.54, 1.807) is 0 Å². The molecule has 0 aromatic heterocycles. The predicted molar refractivity (Wildman–Crippen MR) is 91.2 cm³/mol. The number of halogens is 4. The van der Waals surface area contributed by atoms with Crippen LogP contribution in [-0.2, 0) is 10.3 Å². The van der Waals surface area contributed by atoms with Crippen LogP contribution in [0.5, 0.6) is 0 Å². The first-order valence-electron chi connectivity index (χ1n) is 8.88. The van der Waals surface area contributed by atoms with Crippen molar-refractivity contribution in [1.29, 1.82) is 0 Å². The van der Waals surface area contributed by atoms with Gasteiger partial charge in [-0.3, -0.25) is 0 Å². The molecule has 4 nitrogen and oxygen atoms in total. The van der Waals surface area contributed by atoms with Crippen molar-refractivity contribution in [3.8, 4) is 0 Å². The van der Waals surface area contributed by atoms with Gasteiger partial charge in [-0.25, -0.2) is 4.79 Å². The van der Waals surface area contributed by atoms with Crippen LogP contribution in [0.4, 0.5) is 23.7 Å². The summed E-state index contributed by atoms with van der Waals surface area (Å²) in [6.07, 6.45) is -0.604. The van der Waals surface area contributed by atoms with Gasteiger partial charge < -0.3 is 15.0 Å². The number of alkyl halides is 3. The Morgan fingerprint density at radius 2 is 2.00 bits per heavy atom. The highest BCUT2D eigenvalue weighted by molar-refractivity contribution is 6.30. The van der Waals surface area contributed by atoms with Crippen molar-refractivity contribution in [2.24, 2.45) is 5.92 Å². The second kappa shape index (κ2) is 6.30. The second-order valence-corrected chi connectivity index (χ2v) is 7.85. The van der Waals surface area contributed by atoms with Gasteiger partial charge in [0.25, 0.3) is 0 Å². The molecule has 1 atom stereocenters. The largest absolute Gasteiger partial charge is 0.423 e. The fourth-order valence-electron chi connectivity index (χ4n) is 3.53. The monoisotopic (exact) mass is 388 g/mol. The van der Waals surface area contributed by atoms with Crippen LogP contribution in [0.25, 0.3) is 0 Å². The number of ether oxygens (including phenoxy) is 1. The van der Waals surface area contributed by atoms with Crippen molar-refractivity contribution < 1.29 is 22.7 Å². The van der Waals surface area contributed by atoms with Crippen molar-refractivity contribution in [2.45, 2.75) is 49.9 Å². The Morgan fingerprint density at radius 3 is 2.58 bits per heavy atom. The van der Waals surface area contributed by atoms with E-state index in [9.17, 15) is 18.0 Å². The van der Waals surface area contributed by atoms with Gasteiger partial charge in [-0.15, -0.1) is 0 Å². The Labute approximate surface area is 154 Å². The maximum atomic E-state index is 14.4. The number of anilines is 1. The molecule has 26 heavy (non-hydrogen) atoms. The number of hydrogen-bond acceptors (Lipinski definition) is 2. The van der Waals surface area contributed by atoms with Gasteiger partial charge in [0, 0.05) is 22.3 Å². The van der Waals surface area contributed by atoms with Crippen molar-refractivity contribution >= 4 is 23.3 Å². The maximum absolute atomic E-state index is 14.4. The summed E-state index contributed by atoms with van der Waals surface area (Å²) >= 11 is 6.01. The highest BCUT2D eigenvalue weighted by Crippen LogP contribution is 2.49. The van der Waals surface area contributed by atoms with Crippen LogP contribution in [0, 0.1) is 5.92 Å². The van der Waals surface area contributed by atoms with Crippen LogP contribution in [0.15, 0.2) is 18.2 Å². The number of fused-ring (bicyclic) bond motifs is 1. The maximum Gasteiger partial charge on any atom is 0.423 e. The summed E-state index contributed by atoms with van der Waals surface area (Å²) in [6.45, 7) is -0.523. The number of carbonyl (C=O) groups excluding carboxylic acids is 1. The number of nitrogens with zero attached hydrogens (tertiary/aromatic N) is 1. The van der Waals surface area contributed by atoms with Crippen molar-refractivity contribution in [3.63, 3.8) is 0 Å². The summed E-state index contributed by atoms with van der Waals surface area (Å²) in [6, 6.07) is 3.45. The van der Waals surface area contributed by atoms with Crippen LogP contribution in [-0.4, -0.2) is 36.3 Å². The molecule has 2 aliphatic carbocycles. The van der Waals surface area contributed by atoms with Crippen LogP contribution < -0.4 is 5.32 Å². The van der Waals surface area contributed by atoms with Gasteiger partial charge >= 0.3 is 12.2 Å². The van der Waals surface area contributed by atoms with Gasteiger partial charge in [0.05, 0.1) is 13.2 Å². The molecule has 0 unspecified atom stereocenters. The van der Waals surface area contributed by atoms with E-state index in [4.69, 9.17) is 16.3 Å². The number of benzene rings is 1. The minimum Gasteiger partial charge on any atom is -0.359 e. The average molecular weight is 389 g/mol. The van der Waals surface area contributed by atoms with Crippen LogP contribution in [0.1, 0.15) is 37.7 Å². The summed E-state index contributed by atoms with van der Waals surface area (Å²) in [5.74, 6) is 0.154. The molecule has 3 aliphatic rings. The molecule has 1 aromatic rings. The van der Waals surface area contributed by atoms with E-state index in [2.05, 4.69) is 5.32 Å². The van der Waals surface area contributed by atoms with Crippen molar-refractivity contribution in [1.82, 2.24) is 4.90 Å². The molecular weight excluding hydrogens is 369 g/mol. The van der Waals surface area contributed by atoms with Gasteiger partial charge in [-0.05, 0) is 56.2 Å².